The summed E-state index contributed by atoms with van der Waals surface area (Å²) < 4.78 is 82.2. The van der Waals surface area contributed by atoms with Crippen LogP contribution in [0.3, 0.4) is 0 Å². The van der Waals surface area contributed by atoms with Gasteiger partial charge in [-0.05, 0) is 0 Å². The number of rotatable bonds is 1. The van der Waals surface area contributed by atoms with Gasteiger partial charge in [-0.25, -0.2) is 0 Å². The topological polar surface area (TPSA) is 54.4 Å². The molecule has 0 amide bonds. The van der Waals surface area contributed by atoms with Crippen molar-refractivity contribution in [1.82, 2.24) is 0 Å². The van der Waals surface area contributed by atoms with Crippen LogP contribution in [0.1, 0.15) is 0 Å². The third-order valence-corrected chi connectivity index (χ3v) is 1.53. The van der Waals surface area contributed by atoms with Crippen molar-refractivity contribution in [3.8, 4) is 0 Å². The molecule has 0 aliphatic carbocycles. The molecule has 70 valence electrons. The van der Waals surface area contributed by atoms with Gasteiger partial charge in [0.05, 0.1) is 0 Å². The van der Waals surface area contributed by atoms with Crippen LogP contribution in [-0.2, 0) is 10.1 Å². The second-order valence-corrected chi connectivity index (χ2v) is 2.95. The summed E-state index contributed by atoms with van der Waals surface area (Å²) in [5.41, 5.74) is 0. The summed E-state index contributed by atoms with van der Waals surface area (Å²) in [6, 6.07) is 0. The molecule has 0 spiro atoms. The third-order valence-electron chi connectivity index (χ3n) is 0.654. The molecular formula is C2H2F5NaO3S. The van der Waals surface area contributed by atoms with Crippen LogP contribution in [0.5, 0.6) is 0 Å². The molecule has 0 bridgehead atoms. The van der Waals surface area contributed by atoms with Gasteiger partial charge < -0.3 is 0 Å². The number of hydrogen-bond donors (Lipinski definition) is 1. The Hall–Kier alpha value is 0.560. The minimum absolute atomic E-state index is 0. The summed E-state index contributed by atoms with van der Waals surface area (Å²) in [5, 5.41) is -6.10. The Morgan fingerprint density at radius 1 is 1.00 bits per heavy atom. The fourth-order valence-electron chi connectivity index (χ4n) is 0.146. The summed E-state index contributed by atoms with van der Waals surface area (Å²) in [4.78, 5) is 0. The van der Waals surface area contributed by atoms with Gasteiger partial charge in [0.1, 0.15) is 0 Å². The normalized spacial score (nSPS) is 13.8. The SMILES string of the molecule is O=S(=O)(O)C(F)(F)C(F)(F)F.[NaH]. The monoisotopic (exact) mass is 224 g/mol. The van der Waals surface area contributed by atoms with Crippen molar-refractivity contribution in [2.45, 2.75) is 11.4 Å². The molecule has 0 radical (unpaired) electrons. The van der Waals surface area contributed by atoms with Crippen molar-refractivity contribution < 1.29 is 34.9 Å². The number of halogens is 5. The first-order chi connectivity index (χ1) is 4.50. The zero-order valence-electron chi connectivity index (χ0n) is 4.56. The van der Waals surface area contributed by atoms with Gasteiger partial charge in [-0.2, -0.15) is 30.4 Å². The Balaban J connectivity index is 0. The fraction of sp³-hybridized carbons (Fsp3) is 1.00. The molecule has 0 fully saturated rings. The van der Waals surface area contributed by atoms with Crippen molar-refractivity contribution in [3.63, 3.8) is 0 Å². The average molecular weight is 224 g/mol. The summed E-state index contributed by atoms with van der Waals surface area (Å²) in [5.74, 6) is 0. The van der Waals surface area contributed by atoms with E-state index in [4.69, 9.17) is 4.55 Å². The van der Waals surface area contributed by atoms with Gasteiger partial charge in [0.15, 0.2) is 0 Å². The molecule has 0 heterocycles. The van der Waals surface area contributed by atoms with E-state index in [1.54, 1.807) is 0 Å². The molecule has 0 aliphatic heterocycles. The number of alkyl halides is 5. The van der Waals surface area contributed by atoms with Crippen LogP contribution in [0, 0.1) is 0 Å². The second kappa shape index (κ2) is 3.74. The summed E-state index contributed by atoms with van der Waals surface area (Å²) in [7, 11) is -6.42. The first-order valence-corrected chi connectivity index (χ1v) is 3.36. The van der Waals surface area contributed by atoms with E-state index in [0.29, 0.717) is 0 Å². The summed E-state index contributed by atoms with van der Waals surface area (Å²) in [6.45, 7) is 0. The fourth-order valence-corrected chi connectivity index (χ4v) is 0.439. The molecule has 3 nitrogen and oxygen atoms in total. The van der Waals surface area contributed by atoms with Gasteiger partial charge in [-0.3, -0.25) is 4.55 Å². The van der Waals surface area contributed by atoms with E-state index in [2.05, 4.69) is 0 Å². The molecule has 10 heteroatoms. The summed E-state index contributed by atoms with van der Waals surface area (Å²) in [6.07, 6.45) is -6.29. The van der Waals surface area contributed by atoms with Crippen molar-refractivity contribution in [3.05, 3.63) is 0 Å². The Morgan fingerprint density at radius 3 is 1.25 bits per heavy atom. The van der Waals surface area contributed by atoms with E-state index in [1.807, 2.05) is 0 Å². The molecule has 0 aromatic rings. The minimum atomic E-state index is -6.42. The first kappa shape index (κ1) is 15.1. The summed E-state index contributed by atoms with van der Waals surface area (Å²) >= 11 is 0. The molecule has 1 N–H and O–H groups in total. The van der Waals surface area contributed by atoms with Crippen LogP contribution >= 0.6 is 0 Å². The van der Waals surface area contributed by atoms with E-state index in [1.165, 1.54) is 0 Å². The van der Waals surface area contributed by atoms with E-state index in [9.17, 15) is 30.4 Å². The van der Waals surface area contributed by atoms with Gasteiger partial charge in [-0.15, -0.1) is 0 Å². The van der Waals surface area contributed by atoms with Gasteiger partial charge >= 0.3 is 51.1 Å². The molecule has 0 rings (SSSR count). The molecule has 0 saturated heterocycles. The number of hydrogen-bond acceptors (Lipinski definition) is 2. The van der Waals surface area contributed by atoms with Crippen molar-refractivity contribution >= 4 is 39.7 Å². The second-order valence-electron chi connectivity index (χ2n) is 1.49. The standard InChI is InChI=1S/C2HF5O3S.Na.H/c3-1(4,5)2(6,7)11(8,9)10;;/h(H,8,9,10);;. The Morgan fingerprint density at radius 2 is 1.25 bits per heavy atom. The Bertz CT molecular complexity index is 242. The quantitative estimate of drug-likeness (QED) is 0.398. The van der Waals surface area contributed by atoms with Crippen LogP contribution < -0.4 is 0 Å². The third kappa shape index (κ3) is 2.80. The Kier molecular flexibility index (Phi) is 4.69. The van der Waals surface area contributed by atoms with Gasteiger partial charge in [0, 0.05) is 0 Å². The molecule has 0 aromatic carbocycles. The molecular weight excluding hydrogens is 222 g/mol. The zero-order valence-corrected chi connectivity index (χ0v) is 5.38. The van der Waals surface area contributed by atoms with Crippen LogP contribution in [0.4, 0.5) is 22.0 Å². The molecule has 0 aliphatic rings. The predicted molar refractivity (Wildman–Crippen MR) is 29.7 cm³/mol. The molecule has 0 aromatic heterocycles. The van der Waals surface area contributed by atoms with E-state index < -0.39 is 21.5 Å². The molecule has 0 saturated carbocycles. The average Bonchev–Trinajstić information content (AvgIpc) is 1.58. The Labute approximate surface area is 86.0 Å². The van der Waals surface area contributed by atoms with Crippen LogP contribution in [0.15, 0.2) is 0 Å². The van der Waals surface area contributed by atoms with Crippen molar-refractivity contribution in [2.24, 2.45) is 0 Å². The van der Waals surface area contributed by atoms with Gasteiger partial charge in [0.2, 0.25) is 0 Å². The van der Waals surface area contributed by atoms with Crippen molar-refractivity contribution in [1.29, 1.82) is 0 Å². The van der Waals surface area contributed by atoms with E-state index in [0.717, 1.165) is 0 Å². The van der Waals surface area contributed by atoms with E-state index in [-0.39, 0.29) is 29.6 Å². The van der Waals surface area contributed by atoms with Crippen molar-refractivity contribution in [2.75, 3.05) is 0 Å². The predicted octanol–water partition coefficient (Wildman–Crippen LogP) is 0.381. The van der Waals surface area contributed by atoms with E-state index >= 15 is 0 Å². The maximum absolute atomic E-state index is 11.5. The van der Waals surface area contributed by atoms with Crippen LogP contribution in [-0.4, -0.2) is 54.0 Å². The van der Waals surface area contributed by atoms with Crippen LogP contribution in [0.25, 0.3) is 0 Å². The molecule has 0 unspecified atom stereocenters. The van der Waals surface area contributed by atoms with Gasteiger partial charge in [-0.1, -0.05) is 0 Å². The maximum atomic E-state index is 11.5. The zero-order chi connectivity index (χ0) is 9.50. The molecule has 12 heavy (non-hydrogen) atoms. The van der Waals surface area contributed by atoms with Gasteiger partial charge in [0.25, 0.3) is 0 Å². The first-order valence-electron chi connectivity index (χ1n) is 1.91. The van der Waals surface area contributed by atoms with Crippen LogP contribution in [0.2, 0.25) is 0 Å². The molecule has 0 atom stereocenters.